The first-order chi connectivity index (χ1) is 8.76. The van der Waals surface area contributed by atoms with Gasteiger partial charge in [0.15, 0.2) is 5.82 Å². The van der Waals surface area contributed by atoms with Crippen molar-refractivity contribution in [3.63, 3.8) is 0 Å². The van der Waals surface area contributed by atoms with Gasteiger partial charge < -0.3 is 10.1 Å². The number of anilines is 1. The monoisotopic (exact) mass is 327 g/mol. The second kappa shape index (κ2) is 6.26. The number of nitrogens with zero attached hydrogens (tertiary/aromatic N) is 2. The van der Waals surface area contributed by atoms with Gasteiger partial charge in [-0.2, -0.15) is 11.3 Å². The molecule has 6 heteroatoms. The molecule has 0 amide bonds. The van der Waals surface area contributed by atoms with Crippen LogP contribution in [0, 0.1) is 0 Å². The summed E-state index contributed by atoms with van der Waals surface area (Å²) in [7, 11) is 1.66. The zero-order valence-corrected chi connectivity index (χ0v) is 12.6. The van der Waals surface area contributed by atoms with Crippen LogP contribution in [0.1, 0.15) is 12.6 Å². The first kappa shape index (κ1) is 13.5. The Morgan fingerprint density at radius 2 is 2.28 bits per heavy atom. The van der Waals surface area contributed by atoms with Gasteiger partial charge in [0.1, 0.15) is 5.82 Å². The largest absolute Gasteiger partial charge is 0.378 e. The fourth-order valence-corrected chi connectivity index (χ4v) is 2.60. The Labute approximate surface area is 119 Å². The molecule has 96 valence electrons. The lowest BCUT2D eigenvalue weighted by atomic mass is 10.3. The molecule has 0 aliphatic rings. The minimum atomic E-state index is 0.457. The van der Waals surface area contributed by atoms with E-state index < -0.39 is 0 Å². The SMILES string of the molecule is CCNc1nc(-c2ccsc2)nc(COC)c1Br. The van der Waals surface area contributed by atoms with E-state index in [0.29, 0.717) is 6.61 Å². The highest BCUT2D eigenvalue weighted by Crippen LogP contribution is 2.28. The van der Waals surface area contributed by atoms with E-state index in [1.807, 2.05) is 23.8 Å². The summed E-state index contributed by atoms with van der Waals surface area (Å²) >= 11 is 5.15. The average molecular weight is 328 g/mol. The first-order valence-electron chi connectivity index (χ1n) is 5.58. The lowest BCUT2D eigenvalue weighted by molar-refractivity contribution is 0.181. The van der Waals surface area contributed by atoms with Gasteiger partial charge in [-0.25, -0.2) is 9.97 Å². The van der Waals surface area contributed by atoms with Crippen LogP contribution in [0.15, 0.2) is 21.3 Å². The van der Waals surface area contributed by atoms with Gasteiger partial charge in [0, 0.05) is 24.6 Å². The van der Waals surface area contributed by atoms with Crippen LogP contribution in [0.3, 0.4) is 0 Å². The Morgan fingerprint density at radius 3 is 2.89 bits per heavy atom. The van der Waals surface area contributed by atoms with E-state index in [9.17, 15) is 0 Å². The Hall–Kier alpha value is -0.980. The van der Waals surface area contributed by atoms with Gasteiger partial charge in [0.2, 0.25) is 0 Å². The average Bonchev–Trinajstić information content (AvgIpc) is 2.88. The Balaban J connectivity index is 2.47. The predicted molar refractivity (Wildman–Crippen MR) is 77.9 cm³/mol. The molecule has 0 unspecified atom stereocenters. The number of ether oxygens (including phenoxy) is 1. The van der Waals surface area contributed by atoms with Crippen LogP contribution >= 0.6 is 27.3 Å². The number of hydrogen-bond donors (Lipinski definition) is 1. The molecule has 0 saturated carbocycles. The molecule has 0 aromatic carbocycles. The number of thiophene rings is 1. The minimum absolute atomic E-state index is 0.457. The summed E-state index contributed by atoms with van der Waals surface area (Å²) in [6.45, 7) is 3.30. The van der Waals surface area contributed by atoms with Gasteiger partial charge in [0.25, 0.3) is 0 Å². The maximum atomic E-state index is 5.17. The molecular weight excluding hydrogens is 314 g/mol. The second-order valence-corrected chi connectivity index (χ2v) is 5.20. The summed E-state index contributed by atoms with van der Waals surface area (Å²) in [4.78, 5) is 9.06. The zero-order chi connectivity index (χ0) is 13.0. The summed E-state index contributed by atoms with van der Waals surface area (Å²) < 4.78 is 6.03. The summed E-state index contributed by atoms with van der Waals surface area (Å²) in [6, 6.07) is 2.01. The first-order valence-corrected chi connectivity index (χ1v) is 7.31. The van der Waals surface area contributed by atoms with Crippen molar-refractivity contribution >= 4 is 33.1 Å². The summed E-state index contributed by atoms with van der Waals surface area (Å²) in [5.74, 6) is 1.53. The Bertz CT molecular complexity index is 489. The van der Waals surface area contributed by atoms with Crippen molar-refractivity contribution in [3.05, 3.63) is 27.0 Å². The molecule has 2 aromatic heterocycles. The number of aromatic nitrogens is 2. The standard InChI is InChI=1S/C12H14BrN3OS/c1-3-14-12-10(13)9(6-17-2)15-11(16-12)8-4-5-18-7-8/h4-5,7H,3,6H2,1-2H3,(H,14,15,16). The molecule has 0 aliphatic heterocycles. The van der Waals surface area contributed by atoms with Crippen LogP contribution in [-0.4, -0.2) is 23.6 Å². The lowest BCUT2D eigenvalue weighted by Gasteiger charge is -2.11. The normalized spacial score (nSPS) is 10.6. The summed E-state index contributed by atoms with van der Waals surface area (Å²) in [6.07, 6.45) is 0. The summed E-state index contributed by atoms with van der Waals surface area (Å²) in [5.41, 5.74) is 1.88. The van der Waals surface area contributed by atoms with E-state index in [1.54, 1.807) is 18.4 Å². The molecule has 0 radical (unpaired) electrons. The van der Waals surface area contributed by atoms with E-state index in [4.69, 9.17) is 4.74 Å². The minimum Gasteiger partial charge on any atom is -0.378 e. The van der Waals surface area contributed by atoms with Crippen LogP contribution < -0.4 is 5.32 Å². The van der Waals surface area contributed by atoms with Crippen LogP contribution in [0.25, 0.3) is 11.4 Å². The second-order valence-electron chi connectivity index (χ2n) is 3.63. The van der Waals surface area contributed by atoms with E-state index in [1.165, 1.54) is 0 Å². The molecule has 2 aromatic rings. The van der Waals surface area contributed by atoms with Gasteiger partial charge >= 0.3 is 0 Å². The number of methoxy groups -OCH3 is 1. The van der Waals surface area contributed by atoms with Gasteiger partial charge in [-0.3, -0.25) is 0 Å². The molecular formula is C12H14BrN3OS. The maximum absolute atomic E-state index is 5.17. The molecule has 0 saturated heterocycles. The van der Waals surface area contributed by atoms with Crippen molar-refractivity contribution in [1.29, 1.82) is 0 Å². The third kappa shape index (κ3) is 2.88. The predicted octanol–water partition coefficient (Wildman–Crippen LogP) is 3.55. The quantitative estimate of drug-likeness (QED) is 0.912. The van der Waals surface area contributed by atoms with Crippen molar-refractivity contribution in [1.82, 2.24) is 9.97 Å². The molecule has 0 spiro atoms. The number of halogens is 1. The molecule has 2 heterocycles. The third-order valence-corrected chi connectivity index (χ3v) is 3.84. The Kier molecular flexibility index (Phi) is 4.68. The molecule has 4 nitrogen and oxygen atoms in total. The molecule has 2 rings (SSSR count). The van der Waals surface area contributed by atoms with E-state index >= 15 is 0 Å². The van der Waals surface area contributed by atoms with E-state index in [-0.39, 0.29) is 0 Å². The summed E-state index contributed by atoms with van der Waals surface area (Å²) in [5, 5.41) is 7.28. The van der Waals surface area contributed by atoms with Gasteiger partial charge in [-0.15, -0.1) is 0 Å². The highest BCUT2D eigenvalue weighted by Gasteiger charge is 2.13. The molecule has 1 N–H and O–H groups in total. The van der Waals surface area contributed by atoms with Crippen molar-refractivity contribution in [3.8, 4) is 11.4 Å². The molecule has 18 heavy (non-hydrogen) atoms. The van der Waals surface area contributed by atoms with Crippen LogP contribution in [0.2, 0.25) is 0 Å². The van der Waals surface area contributed by atoms with Gasteiger partial charge in [-0.05, 0) is 34.3 Å². The highest BCUT2D eigenvalue weighted by atomic mass is 79.9. The van der Waals surface area contributed by atoms with Crippen LogP contribution in [0.4, 0.5) is 5.82 Å². The molecule has 0 aliphatic carbocycles. The molecule has 0 fully saturated rings. The fraction of sp³-hybridized carbons (Fsp3) is 0.333. The van der Waals surface area contributed by atoms with Gasteiger partial charge in [0.05, 0.1) is 16.8 Å². The zero-order valence-electron chi connectivity index (χ0n) is 10.2. The van der Waals surface area contributed by atoms with Crippen molar-refractivity contribution in [2.75, 3.05) is 19.0 Å². The third-order valence-electron chi connectivity index (χ3n) is 2.32. The van der Waals surface area contributed by atoms with Gasteiger partial charge in [-0.1, -0.05) is 0 Å². The van der Waals surface area contributed by atoms with Crippen LogP contribution in [0.5, 0.6) is 0 Å². The van der Waals surface area contributed by atoms with E-state index in [0.717, 1.165) is 33.9 Å². The van der Waals surface area contributed by atoms with Crippen molar-refractivity contribution in [2.24, 2.45) is 0 Å². The Morgan fingerprint density at radius 1 is 1.44 bits per heavy atom. The van der Waals surface area contributed by atoms with Crippen LogP contribution in [-0.2, 0) is 11.3 Å². The molecule has 0 atom stereocenters. The number of rotatable bonds is 5. The van der Waals surface area contributed by atoms with Crippen molar-refractivity contribution in [2.45, 2.75) is 13.5 Å². The lowest BCUT2D eigenvalue weighted by Crippen LogP contribution is -2.06. The molecule has 0 bridgehead atoms. The topological polar surface area (TPSA) is 47.0 Å². The van der Waals surface area contributed by atoms with E-state index in [2.05, 4.69) is 31.2 Å². The smallest absolute Gasteiger partial charge is 0.162 e. The number of nitrogens with one attached hydrogen (secondary N) is 1. The number of hydrogen-bond acceptors (Lipinski definition) is 5. The fourth-order valence-electron chi connectivity index (χ4n) is 1.53. The highest BCUT2D eigenvalue weighted by molar-refractivity contribution is 9.10. The maximum Gasteiger partial charge on any atom is 0.162 e. The van der Waals surface area contributed by atoms with Crippen molar-refractivity contribution < 1.29 is 4.74 Å².